The highest BCUT2D eigenvalue weighted by Gasteiger charge is 2.08. The van der Waals surface area contributed by atoms with Crippen molar-refractivity contribution in [3.8, 4) is 5.75 Å². The third kappa shape index (κ3) is 8.16. The zero-order valence-electron chi connectivity index (χ0n) is 14.4. The molecule has 1 aromatic rings. The van der Waals surface area contributed by atoms with Gasteiger partial charge in [0.15, 0.2) is 5.96 Å². The number of hydrogen-bond donors (Lipinski definition) is 2. The Bertz CT molecular complexity index is 493. The molecule has 1 saturated heterocycles. The average Bonchev–Trinajstić information content (AvgIpc) is 2.58. The van der Waals surface area contributed by atoms with Gasteiger partial charge in [-0.25, -0.2) is 4.99 Å². The molecule has 1 aliphatic rings. The van der Waals surface area contributed by atoms with E-state index in [2.05, 4.69) is 15.2 Å². The summed E-state index contributed by atoms with van der Waals surface area (Å²) in [4.78, 5) is 6.79. The largest absolute Gasteiger partial charge is 0.494 e. The standard InChI is InChI=1S/C17H28N4O2.HI/c1-2-23-16-6-3-5-15(13-16)14-20-17(18)19-7-4-8-21-9-11-22-12-10-21;/h3,5-6,13H,2,4,7-12,14H2,1H3,(H3,18,19,20);1H. The first-order valence-electron chi connectivity index (χ1n) is 8.33. The highest BCUT2D eigenvalue weighted by molar-refractivity contribution is 14.0. The van der Waals surface area contributed by atoms with Gasteiger partial charge >= 0.3 is 0 Å². The van der Waals surface area contributed by atoms with E-state index in [1.54, 1.807) is 0 Å². The highest BCUT2D eigenvalue weighted by atomic mass is 127. The van der Waals surface area contributed by atoms with Gasteiger partial charge in [-0.2, -0.15) is 0 Å². The van der Waals surface area contributed by atoms with Crippen LogP contribution in [0.5, 0.6) is 5.75 Å². The molecule has 0 unspecified atom stereocenters. The molecule has 24 heavy (non-hydrogen) atoms. The van der Waals surface area contributed by atoms with Gasteiger partial charge < -0.3 is 20.5 Å². The Labute approximate surface area is 161 Å². The third-order valence-corrected chi connectivity index (χ3v) is 3.70. The Hall–Kier alpha value is -1.06. The molecule has 0 saturated carbocycles. The Kier molecular flexibility index (Phi) is 10.8. The molecule has 1 aliphatic heterocycles. The van der Waals surface area contributed by atoms with Gasteiger partial charge in [-0.3, -0.25) is 4.90 Å². The smallest absolute Gasteiger partial charge is 0.188 e. The minimum Gasteiger partial charge on any atom is -0.494 e. The lowest BCUT2D eigenvalue weighted by atomic mass is 10.2. The zero-order chi connectivity index (χ0) is 16.3. The lowest BCUT2D eigenvalue weighted by Crippen LogP contribution is -2.39. The number of rotatable bonds is 8. The van der Waals surface area contributed by atoms with E-state index in [1.165, 1.54) is 0 Å². The second kappa shape index (κ2) is 12.3. The van der Waals surface area contributed by atoms with E-state index in [-0.39, 0.29) is 24.0 Å². The van der Waals surface area contributed by atoms with E-state index in [9.17, 15) is 0 Å². The van der Waals surface area contributed by atoms with Crippen LogP contribution in [-0.4, -0.2) is 56.9 Å². The number of nitrogens with zero attached hydrogens (tertiary/aromatic N) is 2. The number of guanidine groups is 1. The van der Waals surface area contributed by atoms with Crippen LogP contribution >= 0.6 is 24.0 Å². The van der Waals surface area contributed by atoms with Gasteiger partial charge in [0.05, 0.1) is 26.4 Å². The summed E-state index contributed by atoms with van der Waals surface area (Å²) in [6.07, 6.45) is 1.05. The second-order valence-electron chi connectivity index (χ2n) is 5.52. The van der Waals surface area contributed by atoms with Crippen LogP contribution in [-0.2, 0) is 11.3 Å². The van der Waals surface area contributed by atoms with Gasteiger partial charge in [0.25, 0.3) is 0 Å². The minimum absolute atomic E-state index is 0. The first-order valence-corrected chi connectivity index (χ1v) is 8.33. The highest BCUT2D eigenvalue weighted by Crippen LogP contribution is 2.13. The fraction of sp³-hybridized carbons (Fsp3) is 0.588. The molecule has 0 spiro atoms. The second-order valence-corrected chi connectivity index (χ2v) is 5.52. The van der Waals surface area contributed by atoms with Crippen LogP contribution in [0, 0.1) is 0 Å². The monoisotopic (exact) mass is 448 g/mol. The maximum Gasteiger partial charge on any atom is 0.188 e. The summed E-state index contributed by atoms with van der Waals surface area (Å²) < 4.78 is 10.8. The fourth-order valence-corrected chi connectivity index (χ4v) is 2.48. The van der Waals surface area contributed by atoms with Crippen molar-refractivity contribution in [1.82, 2.24) is 10.2 Å². The Morgan fingerprint density at radius 1 is 1.38 bits per heavy atom. The van der Waals surface area contributed by atoms with Crippen molar-refractivity contribution in [3.05, 3.63) is 29.8 Å². The molecule has 3 N–H and O–H groups in total. The van der Waals surface area contributed by atoms with E-state index >= 15 is 0 Å². The number of aliphatic imine (C=N–C) groups is 1. The van der Waals surface area contributed by atoms with Crippen LogP contribution in [0.25, 0.3) is 0 Å². The molecule has 1 fully saturated rings. The predicted molar refractivity (Wildman–Crippen MR) is 108 cm³/mol. The van der Waals surface area contributed by atoms with E-state index in [0.29, 0.717) is 19.1 Å². The van der Waals surface area contributed by atoms with Crippen LogP contribution in [0.4, 0.5) is 0 Å². The maximum atomic E-state index is 5.91. The summed E-state index contributed by atoms with van der Waals surface area (Å²) >= 11 is 0. The number of nitrogens with two attached hydrogens (primary N) is 1. The average molecular weight is 448 g/mol. The Balaban J connectivity index is 0.00000288. The van der Waals surface area contributed by atoms with Crippen molar-refractivity contribution in [2.75, 3.05) is 46.0 Å². The predicted octanol–water partition coefficient (Wildman–Crippen LogP) is 1.83. The summed E-state index contributed by atoms with van der Waals surface area (Å²) in [6.45, 7) is 8.85. The van der Waals surface area contributed by atoms with Crippen LogP contribution in [0.15, 0.2) is 29.3 Å². The summed E-state index contributed by atoms with van der Waals surface area (Å²) in [6, 6.07) is 7.95. The van der Waals surface area contributed by atoms with Gasteiger partial charge in [-0.1, -0.05) is 12.1 Å². The van der Waals surface area contributed by atoms with E-state index in [0.717, 1.165) is 57.1 Å². The number of benzene rings is 1. The molecule has 1 aromatic carbocycles. The van der Waals surface area contributed by atoms with Gasteiger partial charge in [0, 0.05) is 19.6 Å². The molecule has 0 bridgehead atoms. The van der Waals surface area contributed by atoms with Crippen molar-refractivity contribution in [3.63, 3.8) is 0 Å². The lowest BCUT2D eigenvalue weighted by molar-refractivity contribution is 0.0376. The topological polar surface area (TPSA) is 72.1 Å². The molecule has 2 rings (SSSR count). The van der Waals surface area contributed by atoms with Crippen LogP contribution < -0.4 is 15.8 Å². The van der Waals surface area contributed by atoms with Crippen molar-refractivity contribution < 1.29 is 9.47 Å². The van der Waals surface area contributed by atoms with Gasteiger partial charge in [0.2, 0.25) is 0 Å². The number of halogens is 1. The molecule has 0 amide bonds. The van der Waals surface area contributed by atoms with E-state index in [1.807, 2.05) is 31.2 Å². The molecule has 6 nitrogen and oxygen atoms in total. The summed E-state index contributed by atoms with van der Waals surface area (Å²) in [5.74, 6) is 1.37. The van der Waals surface area contributed by atoms with Gasteiger partial charge in [-0.05, 0) is 37.6 Å². The fourth-order valence-electron chi connectivity index (χ4n) is 2.48. The normalized spacial score (nSPS) is 15.6. The Morgan fingerprint density at radius 2 is 2.17 bits per heavy atom. The van der Waals surface area contributed by atoms with Crippen molar-refractivity contribution in [2.24, 2.45) is 10.7 Å². The van der Waals surface area contributed by atoms with Crippen molar-refractivity contribution >= 4 is 29.9 Å². The molecular formula is C17H29IN4O2. The lowest BCUT2D eigenvalue weighted by Gasteiger charge is -2.26. The van der Waals surface area contributed by atoms with Gasteiger partial charge in [0.1, 0.15) is 5.75 Å². The summed E-state index contributed by atoms with van der Waals surface area (Å²) in [5.41, 5.74) is 7.00. The molecule has 1 heterocycles. The molecular weight excluding hydrogens is 419 g/mol. The molecule has 0 radical (unpaired) electrons. The SMILES string of the molecule is CCOc1cccc(CN=C(N)NCCCN2CCOCC2)c1.I. The zero-order valence-corrected chi connectivity index (χ0v) is 16.7. The third-order valence-electron chi connectivity index (χ3n) is 3.70. The number of ether oxygens (including phenoxy) is 2. The quantitative estimate of drug-likeness (QED) is 0.275. The number of morpholine rings is 1. The first-order chi connectivity index (χ1) is 11.3. The maximum absolute atomic E-state index is 5.91. The molecule has 0 aromatic heterocycles. The van der Waals surface area contributed by atoms with E-state index < -0.39 is 0 Å². The van der Waals surface area contributed by atoms with E-state index in [4.69, 9.17) is 15.2 Å². The Morgan fingerprint density at radius 3 is 2.92 bits per heavy atom. The molecule has 7 heteroatoms. The van der Waals surface area contributed by atoms with Crippen LogP contribution in [0.3, 0.4) is 0 Å². The van der Waals surface area contributed by atoms with Gasteiger partial charge in [-0.15, -0.1) is 24.0 Å². The molecule has 0 aliphatic carbocycles. The summed E-state index contributed by atoms with van der Waals surface area (Å²) in [7, 11) is 0. The first kappa shape index (κ1) is 21.0. The minimum atomic E-state index is 0. The van der Waals surface area contributed by atoms with Crippen molar-refractivity contribution in [1.29, 1.82) is 0 Å². The van der Waals surface area contributed by atoms with Crippen molar-refractivity contribution in [2.45, 2.75) is 19.9 Å². The number of hydrogen-bond acceptors (Lipinski definition) is 4. The summed E-state index contributed by atoms with van der Waals surface area (Å²) in [5, 5.41) is 3.17. The molecule has 0 atom stereocenters. The molecule has 136 valence electrons. The number of nitrogens with one attached hydrogen (secondary N) is 1. The van der Waals surface area contributed by atoms with Crippen LogP contribution in [0.2, 0.25) is 0 Å². The van der Waals surface area contributed by atoms with Crippen LogP contribution in [0.1, 0.15) is 18.9 Å².